The number of hydrogen-bond acceptors (Lipinski definition) is 3. The Bertz CT molecular complexity index is 865. The zero-order chi connectivity index (χ0) is 15.9. The normalized spacial score (nSPS) is 11.8. The Balaban J connectivity index is 2.23. The molecule has 0 bridgehead atoms. The van der Waals surface area contributed by atoms with Crippen molar-refractivity contribution in [2.45, 2.75) is 6.18 Å². The van der Waals surface area contributed by atoms with E-state index in [1.54, 1.807) is 24.3 Å². The summed E-state index contributed by atoms with van der Waals surface area (Å²) in [5.74, 6) is -0.517. The van der Waals surface area contributed by atoms with Gasteiger partial charge in [0.05, 0.1) is 5.56 Å². The standard InChI is InChI=1S/C15H8ClF3N2O/c16-14-10-4-2-1-3-9(10)13(20-21-14)11-6-5-8(7-12(11)22)15(17,18)19/h1-7,22H. The third-order valence-electron chi connectivity index (χ3n) is 3.22. The van der Waals surface area contributed by atoms with Crippen molar-refractivity contribution in [1.29, 1.82) is 0 Å². The minimum Gasteiger partial charge on any atom is -0.507 e. The van der Waals surface area contributed by atoms with Crippen molar-refractivity contribution in [3.05, 3.63) is 53.2 Å². The van der Waals surface area contributed by atoms with Gasteiger partial charge in [0.15, 0.2) is 5.15 Å². The van der Waals surface area contributed by atoms with Crippen LogP contribution in [0.2, 0.25) is 5.15 Å². The summed E-state index contributed by atoms with van der Waals surface area (Å²) < 4.78 is 38.0. The molecule has 0 spiro atoms. The van der Waals surface area contributed by atoms with Gasteiger partial charge in [-0.3, -0.25) is 0 Å². The molecule has 2 aromatic carbocycles. The molecule has 1 heterocycles. The first kappa shape index (κ1) is 14.6. The summed E-state index contributed by atoms with van der Waals surface area (Å²) in [4.78, 5) is 0. The van der Waals surface area contributed by atoms with Crippen LogP contribution in [0, 0.1) is 0 Å². The van der Waals surface area contributed by atoms with Crippen LogP contribution in [0.5, 0.6) is 5.75 Å². The van der Waals surface area contributed by atoms with Gasteiger partial charge >= 0.3 is 6.18 Å². The van der Waals surface area contributed by atoms with E-state index in [9.17, 15) is 18.3 Å². The zero-order valence-corrected chi connectivity index (χ0v) is 11.7. The number of halogens is 4. The number of phenols is 1. The van der Waals surface area contributed by atoms with Crippen molar-refractivity contribution in [2.75, 3.05) is 0 Å². The number of phenolic OH excluding ortho intramolecular Hbond substituents is 1. The van der Waals surface area contributed by atoms with E-state index >= 15 is 0 Å². The van der Waals surface area contributed by atoms with Crippen molar-refractivity contribution in [2.24, 2.45) is 0 Å². The van der Waals surface area contributed by atoms with Crippen molar-refractivity contribution in [3.63, 3.8) is 0 Å². The van der Waals surface area contributed by atoms with Crippen LogP contribution in [-0.2, 0) is 6.18 Å². The second-order valence-electron chi connectivity index (χ2n) is 4.61. The fraction of sp³-hybridized carbons (Fsp3) is 0.0667. The lowest BCUT2D eigenvalue weighted by molar-refractivity contribution is -0.137. The van der Waals surface area contributed by atoms with E-state index in [1.165, 1.54) is 6.07 Å². The van der Waals surface area contributed by atoms with Crippen molar-refractivity contribution < 1.29 is 18.3 Å². The number of nitrogens with zero attached hydrogens (tertiary/aromatic N) is 2. The number of fused-ring (bicyclic) bond motifs is 1. The van der Waals surface area contributed by atoms with Gasteiger partial charge in [0.2, 0.25) is 0 Å². The number of aromatic nitrogens is 2. The molecular formula is C15H8ClF3N2O. The fourth-order valence-electron chi connectivity index (χ4n) is 2.18. The van der Waals surface area contributed by atoms with Gasteiger partial charge in [-0.25, -0.2) is 0 Å². The van der Waals surface area contributed by atoms with Gasteiger partial charge in [-0.1, -0.05) is 35.9 Å². The van der Waals surface area contributed by atoms with E-state index in [-0.39, 0.29) is 16.4 Å². The van der Waals surface area contributed by atoms with Gasteiger partial charge in [0, 0.05) is 16.3 Å². The van der Waals surface area contributed by atoms with Gasteiger partial charge in [-0.05, 0) is 18.2 Å². The summed E-state index contributed by atoms with van der Waals surface area (Å²) >= 11 is 5.96. The van der Waals surface area contributed by atoms with Crippen molar-refractivity contribution in [1.82, 2.24) is 10.2 Å². The number of benzene rings is 2. The van der Waals surface area contributed by atoms with Crippen LogP contribution in [0.25, 0.3) is 22.0 Å². The molecule has 7 heteroatoms. The molecular weight excluding hydrogens is 317 g/mol. The highest BCUT2D eigenvalue weighted by molar-refractivity contribution is 6.34. The predicted molar refractivity (Wildman–Crippen MR) is 76.7 cm³/mol. The van der Waals surface area contributed by atoms with Crippen molar-refractivity contribution >= 4 is 22.4 Å². The topological polar surface area (TPSA) is 46.0 Å². The molecule has 0 saturated heterocycles. The second kappa shape index (κ2) is 5.14. The van der Waals surface area contributed by atoms with Gasteiger partial charge in [0.25, 0.3) is 0 Å². The summed E-state index contributed by atoms with van der Waals surface area (Å²) in [6.07, 6.45) is -4.52. The predicted octanol–water partition coefficient (Wildman–Crippen LogP) is 4.67. The molecule has 3 rings (SSSR count). The Morgan fingerprint density at radius 3 is 2.27 bits per heavy atom. The molecule has 0 aliphatic heterocycles. The highest BCUT2D eigenvalue weighted by Gasteiger charge is 2.31. The van der Waals surface area contributed by atoms with Crippen LogP contribution in [-0.4, -0.2) is 15.3 Å². The van der Waals surface area contributed by atoms with Crippen LogP contribution in [0.3, 0.4) is 0 Å². The number of hydrogen-bond donors (Lipinski definition) is 1. The minimum atomic E-state index is -4.52. The first-order valence-electron chi connectivity index (χ1n) is 6.19. The van der Waals surface area contributed by atoms with E-state index in [0.29, 0.717) is 16.8 Å². The van der Waals surface area contributed by atoms with Crippen LogP contribution in [0.1, 0.15) is 5.56 Å². The summed E-state index contributed by atoms with van der Waals surface area (Å²) in [6.45, 7) is 0. The average molecular weight is 325 g/mol. The summed E-state index contributed by atoms with van der Waals surface area (Å²) in [5, 5.41) is 19.0. The number of rotatable bonds is 1. The lowest BCUT2D eigenvalue weighted by Gasteiger charge is -2.11. The molecule has 3 aromatic rings. The molecule has 0 fully saturated rings. The maximum atomic E-state index is 12.7. The average Bonchev–Trinajstić information content (AvgIpc) is 2.47. The first-order valence-corrected chi connectivity index (χ1v) is 6.57. The summed E-state index contributed by atoms with van der Waals surface area (Å²) in [5.41, 5.74) is -0.500. The third kappa shape index (κ3) is 2.46. The minimum absolute atomic E-state index is 0.161. The molecule has 0 aliphatic carbocycles. The molecule has 0 radical (unpaired) electrons. The molecule has 112 valence electrons. The zero-order valence-electron chi connectivity index (χ0n) is 10.9. The van der Waals surface area contributed by atoms with Crippen LogP contribution in [0.15, 0.2) is 42.5 Å². The van der Waals surface area contributed by atoms with Gasteiger partial charge < -0.3 is 5.11 Å². The van der Waals surface area contributed by atoms with E-state index in [2.05, 4.69) is 10.2 Å². The maximum absolute atomic E-state index is 12.7. The van der Waals surface area contributed by atoms with Crippen LogP contribution >= 0.6 is 11.6 Å². The molecule has 0 aliphatic rings. The lowest BCUT2D eigenvalue weighted by Crippen LogP contribution is -2.04. The Kier molecular flexibility index (Phi) is 3.41. The van der Waals surface area contributed by atoms with Crippen LogP contribution < -0.4 is 0 Å². The summed E-state index contributed by atoms with van der Waals surface area (Å²) in [6, 6.07) is 9.65. The molecule has 1 aromatic heterocycles. The quantitative estimate of drug-likeness (QED) is 0.707. The second-order valence-corrected chi connectivity index (χ2v) is 4.97. The van der Waals surface area contributed by atoms with E-state index < -0.39 is 17.5 Å². The van der Waals surface area contributed by atoms with E-state index in [4.69, 9.17) is 11.6 Å². The Morgan fingerprint density at radius 2 is 1.64 bits per heavy atom. The Morgan fingerprint density at radius 1 is 0.955 bits per heavy atom. The molecule has 0 amide bonds. The smallest absolute Gasteiger partial charge is 0.416 e. The van der Waals surface area contributed by atoms with Gasteiger partial charge in [-0.15, -0.1) is 10.2 Å². The van der Waals surface area contributed by atoms with Crippen LogP contribution in [0.4, 0.5) is 13.2 Å². The maximum Gasteiger partial charge on any atom is 0.416 e. The summed E-state index contributed by atoms with van der Waals surface area (Å²) in [7, 11) is 0. The first-order chi connectivity index (χ1) is 10.4. The molecule has 22 heavy (non-hydrogen) atoms. The fourth-order valence-corrected chi connectivity index (χ4v) is 2.38. The highest BCUT2D eigenvalue weighted by atomic mass is 35.5. The molecule has 0 saturated carbocycles. The number of aromatic hydroxyl groups is 1. The SMILES string of the molecule is Oc1cc(C(F)(F)F)ccc1-c1nnc(Cl)c2ccccc12. The largest absolute Gasteiger partial charge is 0.507 e. The Labute approximate surface area is 128 Å². The molecule has 0 atom stereocenters. The lowest BCUT2D eigenvalue weighted by atomic mass is 10.0. The molecule has 0 unspecified atom stereocenters. The monoisotopic (exact) mass is 324 g/mol. The van der Waals surface area contributed by atoms with Gasteiger partial charge in [-0.2, -0.15) is 13.2 Å². The number of alkyl halides is 3. The van der Waals surface area contributed by atoms with Crippen molar-refractivity contribution in [3.8, 4) is 17.0 Å². The van der Waals surface area contributed by atoms with E-state index in [1.807, 2.05) is 0 Å². The molecule has 1 N–H and O–H groups in total. The molecule has 3 nitrogen and oxygen atoms in total. The highest BCUT2D eigenvalue weighted by Crippen LogP contribution is 2.38. The van der Waals surface area contributed by atoms with Gasteiger partial charge in [0.1, 0.15) is 11.4 Å². The van der Waals surface area contributed by atoms with E-state index in [0.717, 1.165) is 6.07 Å². The third-order valence-corrected chi connectivity index (χ3v) is 3.50. The Hall–Kier alpha value is -2.34.